The van der Waals surface area contributed by atoms with Gasteiger partial charge in [-0.05, 0) is 31.2 Å². The van der Waals surface area contributed by atoms with Crippen molar-refractivity contribution in [2.24, 2.45) is 11.8 Å². The summed E-state index contributed by atoms with van der Waals surface area (Å²) < 4.78 is 7.08. The maximum Gasteiger partial charge on any atom is 0.308 e. The fourth-order valence-electron chi connectivity index (χ4n) is 3.46. The Morgan fingerprint density at radius 3 is 2.67 bits per heavy atom. The van der Waals surface area contributed by atoms with E-state index < -0.39 is 11.9 Å². The van der Waals surface area contributed by atoms with Crippen LogP contribution in [0.4, 0.5) is 0 Å². The van der Waals surface area contributed by atoms with Gasteiger partial charge in [0, 0.05) is 25.5 Å². The Hall–Kier alpha value is -2.67. The molecule has 1 unspecified atom stereocenters. The number of amides is 1. The smallest absolute Gasteiger partial charge is 0.308 e. The fourth-order valence-corrected chi connectivity index (χ4v) is 3.46. The van der Waals surface area contributed by atoms with Gasteiger partial charge >= 0.3 is 5.97 Å². The van der Waals surface area contributed by atoms with Gasteiger partial charge in [-0.1, -0.05) is 30.3 Å². The van der Waals surface area contributed by atoms with Crippen LogP contribution in [0.25, 0.3) is 0 Å². The Kier molecular flexibility index (Phi) is 6.24. The van der Waals surface area contributed by atoms with Crippen molar-refractivity contribution in [3.8, 4) is 0 Å². The highest BCUT2D eigenvalue weighted by atomic mass is 16.5. The number of nitrogens with one attached hydrogen (secondary N) is 1. The second-order valence-electron chi connectivity index (χ2n) is 6.89. The molecular formula is C20H25N3O4. The first-order chi connectivity index (χ1) is 13.1. The average molecular weight is 371 g/mol. The molecule has 1 amide bonds. The third kappa shape index (κ3) is 4.74. The maximum atomic E-state index is 12.6. The molecule has 7 heteroatoms. The average Bonchev–Trinajstić information content (AvgIpc) is 3.04. The maximum absolute atomic E-state index is 12.6. The minimum absolute atomic E-state index is 0.0263. The van der Waals surface area contributed by atoms with E-state index in [0.29, 0.717) is 38.2 Å². The molecular weight excluding hydrogens is 346 g/mol. The molecule has 7 nitrogen and oxygen atoms in total. The van der Waals surface area contributed by atoms with Crippen LogP contribution in [0, 0.1) is 18.8 Å². The van der Waals surface area contributed by atoms with Crippen LogP contribution in [-0.4, -0.2) is 46.5 Å². The molecule has 2 heterocycles. The molecule has 3 rings (SSSR count). The molecule has 1 aromatic carbocycles. The monoisotopic (exact) mass is 371 g/mol. The van der Waals surface area contributed by atoms with E-state index in [1.54, 1.807) is 4.68 Å². The number of hydrogen-bond acceptors (Lipinski definition) is 4. The number of carboxylic acids is 1. The molecule has 0 bridgehead atoms. The van der Waals surface area contributed by atoms with Gasteiger partial charge in [0.2, 0.25) is 0 Å². The normalized spacial score (nSPS) is 16.0. The van der Waals surface area contributed by atoms with Gasteiger partial charge in [0.15, 0.2) is 0 Å². The number of carbonyl (C=O) groups is 2. The Morgan fingerprint density at radius 1 is 1.30 bits per heavy atom. The summed E-state index contributed by atoms with van der Waals surface area (Å²) in [5, 5.41) is 16.6. The lowest BCUT2D eigenvalue weighted by Gasteiger charge is -2.27. The number of carboxylic acid groups (broad SMARTS) is 1. The van der Waals surface area contributed by atoms with Gasteiger partial charge in [0.05, 0.1) is 24.2 Å². The molecule has 0 spiro atoms. The largest absolute Gasteiger partial charge is 0.481 e. The number of ether oxygens (including phenoxy) is 1. The van der Waals surface area contributed by atoms with Crippen LogP contribution in [0.2, 0.25) is 0 Å². The summed E-state index contributed by atoms with van der Waals surface area (Å²) in [5.74, 6) is -1.74. The third-order valence-electron chi connectivity index (χ3n) is 5.16. The molecule has 0 radical (unpaired) electrons. The predicted octanol–water partition coefficient (Wildman–Crippen LogP) is 2.10. The Labute approximate surface area is 158 Å². The third-order valence-corrected chi connectivity index (χ3v) is 5.16. The van der Waals surface area contributed by atoms with E-state index in [4.69, 9.17) is 4.74 Å². The number of benzene rings is 1. The molecule has 2 aromatic rings. The summed E-state index contributed by atoms with van der Waals surface area (Å²) in [6.07, 6.45) is 2.96. The van der Waals surface area contributed by atoms with Crippen LogP contribution in [0.15, 0.2) is 36.5 Å². The van der Waals surface area contributed by atoms with E-state index in [0.717, 1.165) is 11.3 Å². The first-order valence-corrected chi connectivity index (χ1v) is 9.21. The highest BCUT2D eigenvalue weighted by molar-refractivity contribution is 5.95. The molecule has 1 aromatic heterocycles. The minimum Gasteiger partial charge on any atom is -0.481 e. The molecule has 27 heavy (non-hydrogen) atoms. The quantitative estimate of drug-likeness (QED) is 0.777. The number of aromatic nitrogens is 2. The summed E-state index contributed by atoms with van der Waals surface area (Å²) in [6, 6.07) is 9.89. The minimum atomic E-state index is -0.876. The number of hydrogen-bond donors (Lipinski definition) is 2. The molecule has 1 saturated heterocycles. The number of carbonyl (C=O) groups excluding carboxylic acids is 1. The van der Waals surface area contributed by atoms with Gasteiger partial charge in [0.1, 0.15) is 0 Å². The van der Waals surface area contributed by atoms with Crippen molar-refractivity contribution in [3.63, 3.8) is 0 Å². The van der Waals surface area contributed by atoms with E-state index in [9.17, 15) is 14.7 Å². The van der Waals surface area contributed by atoms with Crippen LogP contribution in [0.1, 0.15) is 34.5 Å². The molecule has 0 aliphatic carbocycles. The molecule has 144 valence electrons. The van der Waals surface area contributed by atoms with E-state index in [-0.39, 0.29) is 18.4 Å². The van der Waals surface area contributed by atoms with Crippen molar-refractivity contribution < 1.29 is 19.4 Å². The van der Waals surface area contributed by atoms with Gasteiger partial charge in [0.25, 0.3) is 5.91 Å². The zero-order chi connectivity index (χ0) is 19.2. The van der Waals surface area contributed by atoms with Crippen molar-refractivity contribution in [2.45, 2.75) is 26.3 Å². The number of rotatable bonds is 7. The van der Waals surface area contributed by atoms with Crippen LogP contribution in [0.5, 0.6) is 0 Å². The highest BCUT2D eigenvalue weighted by Crippen LogP contribution is 2.24. The molecule has 1 atom stereocenters. The lowest BCUT2D eigenvalue weighted by atomic mass is 9.86. The van der Waals surface area contributed by atoms with Crippen molar-refractivity contribution in [2.75, 3.05) is 19.8 Å². The van der Waals surface area contributed by atoms with Crippen molar-refractivity contribution in [1.82, 2.24) is 15.1 Å². The summed E-state index contributed by atoms with van der Waals surface area (Å²) in [4.78, 5) is 24.2. The lowest BCUT2D eigenvalue weighted by molar-refractivity contribution is -0.144. The van der Waals surface area contributed by atoms with E-state index >= 15 is 0 Å². The summed E-state index contributed by atoms with van der Waals surface area (Å²) >= 11 is 0. The number of nitrogens with zero attached hydrogens (tertiary/aromatic N) is 2. The predicted molar refractivity (Wildman–Crippen MR) is 99.5 cm³/mol. The second kappa shape index (κ2) is 8.81. The van der Waals surface area contributed by atoms with Gasteiger partial charge in [-0.3, -0.25) is 14.3 Å². The first kappa shape index (κ1) is 19.1. The Balaban J connectivity index is 1.62. The summed E-state index contributed by atoms with van der Waals surface area (Å²) in [6.45, 7) is 3.70. The fraction of sp³-hybridized carbons (Fsp3) is 0.450. The zero-order valence-corrected chi connectivity index (χ0v) is 15.4. The first-order valence-electron chi connectivity index (χ1n) is 9.21. The van der Waals surface area contributed by atoms with E-state index in [1.807, 2.05) is 37.3 Å². The lowest BCUT2D eigenvalue weighted by Crippen LogP contribution is -2.39. The van der Waals surface area contributed by atoms with Gasteiger partial charge in [-0.25, -0.2) is 0 Å². The molecule has 2 N–H and O–H groups in total. The molecule has 0 saturated carbocycles. The summed E-state index contributed by atoms with van der Waals surface area (Å²) in [5.41, 5.74) is 2.33. The SMILES string of the molecule is Cc1c(C(=O)NCC(C(=O)O)C2CCOCC2)cnn1Cc1ccccc1. The van der Waals surface area contributed by atoms with Gasteiger partial charge < -0.3 is 15.2 Å². The topological polar surface area (TPSA) is 93.5 Å². The standard InChI is InChI=1S/C20H25N3O4/c1-14-17(12-22-23(14)13-15-5-3-2-4-6-15)19(24)21-11-18(20(25)26)16-7-9-27-10-8-16/h2-6,12,16,18H,7-11,13H2,1H3,(H,21,24)(H,25,26). The molecule has 1 aliphatic rings. The molecule has 1 fully saturated rings. The van der Waals surface area contributed by atoms with Crippen LogP contribution in [-0.2, 0) is 16.1 Å². The molecule has 1 aliphatic heterocycles. The van der Waals surface area contributed by atoms with Crippen molar-refractivity contribution >= 4 is 11.9 Å². The second-order valence-corrected chi connectivity index (χ2v) is 6.89. The van der Waals surface area contributed by atoms with Crippen molar-refractivity contribution in [1.29, 1.82) is 0 Å². The Morgan fingerprint density at radius 2 is 2.00 bits per heavy atom. The van der Waals surface area contributed by atoms with Gasteiger partial charge in [-0.15, -0.1) is 0 Å². The zero-order valence-electron chi connectivity index (χ0n) is 15.4. The van der Waals surface area contributed by atoms with E-state index in [2.05, 4.69) is 10.4 Å². The van der Waals surface area contributed by atoms with Crippen molar-refractivity contribution in [3.05, 3.63) is 53.3 Å². The van der Waals surface area contributed by atoms with E-state index in [1.165, 1.54) is 6.20 Å². The van der Waals surface area contributed by atoms with Crippen LogP contribution in [0.3, 0.4) is 0 Å². The number of aliphatic carboxylic acids is 1. The highest BCUT2D eigenvalue weighted by Gasteiger charge is 2.30. The van der Waals surface area contributed by atoms with Crippen LogP contribution < -0.4 is 5.32 Å². The summed E-state index contributed by atoms with van der Waals surface area (Å²) in [7, 11) is 0. The Bertz CT molecular complexity index is 782. The van der Waals surface area contributed by atoms with Gasteiger partial charge in [-0.2, -0.15) is 5.10 Å². The van der Waals surface area contributed by atoms with Crippen LogP contribution >= 0.6 is 0 Å².